The van der Waals surface area contributed by atoms with Crippen molar-refractivity contribution in [1.29, 1.82) is 5.26 Å². The Balaban J connectivity index is 2.18. The second-order valence-corrected chi connectivity index (χ2v) is 7.25. The number of nitriles is 1. The lowest BCUT2D eigenvalue weighted by molar-refractivity contribution is 0.590. The lowest BCUT2D eigenvalue weighted by Gasteiger charge is -2.20. The molecule has 20 heavy (non-hydrogen) atoms. The second kappa shape index (κ2) is 5.82. The smallest absolute Gasteiger partial charge is 0.183 e. The molecule has 1 N–H and O–H groups in total. The highest BCUT2D eigenvalue weighted by Gasteiger charge is 2.15. The zero-order chi connectivity index (χ0) is 14.8. The summed E-state index contributed by atoms with van der Waals surface area (Å²) >= 11 is 7.24. The molecule has 104 valence electrons. The Hall–Kier alpha value is -1.57. The van der Waals surface area contributed by atoms with Gasteiger partial charge in [0.05, 0.1) is 17.8 Å². The van der Waals surface area contributed by atoms with Crippen molar-refractivity contribution in [2.24, 2.45) is 0 Å². The Morgan fingerprint density at radius 3 is 2.70 bits per heavy atom. The quantitative estimate of drug-likeness (QED) is 0.903. The topological polar surface area (TPSA) is 48.7 Å². The van der Waals surface area contributed by atoms with E-state index in [-0.39, 0.29) is 5.41 Å². The van der Waals surface area contributed by atoms with E-state index in [1.807, 2.05) is 12.1 Å². The molecule has 0 aliphatic carbocycles. The van der Waals surface area contributed by atoms with Crippen molar-refractivity contribution >= 4 is 28.6 Å². The van der Waals surface area contributed by atoms with E-state index in [1.54, 1.807) is 6.20 Å². The zero-order valence-electron chi connectivity index (χ0n) is 11.7. The number of hydrogen-bond acceptors (Lipinski definition) is 4. The minimum atomic E-state index is 0.0370. The third-order valence-electron chi connectivity index (χ3n) is 2.98. The van der Waals surface area contributed by atoms with Gasteiger partial charge in [-0.15, -0.1) is 11.3 Å². The highest BCUT2D eigenvalue weighted by Crippen LogP contribution is 2.27. The number of nitrogens with one attached hydrogen (secondary N) is 1. The van der Waals surface area contributed by atoms with Crippen molar-refractivity contribution in [3.8, 4) is 6.07 Å². The van der Waals surface area contributed by atoms with Crippen LogP contribution in [0.15, 0.2) is 24.4 Å². The number of benzene rings is 1. The Bertz CT molecular complexity index is 650. The molecule has 0 atom stereocenters. The molecule has 0 radical (unpaired) electrons. The molecule has 3 nitrogen and oxygen atoms in total. The van der Waals surface area contributed by atoms with Crippen LogP contribution in [0.2, 0.25) is 4.47 Å². The van der Waals surface area contributed by atoms with E-state index in [2.05, 4.69) is 43.2 Å². The predicted molar refractivity (Wildman–Crippen MR) is 84.3 cm³/mol. The van der Waals surface area contributed by atoms with Gasteiger partial charge >= 0.3 is 0 Å². The van der Waals surface area contributed by atoms with Crippen molar-refractivity contribution in [1.82, 2.24) is 4.98 Å². The van der Waals surface area contributed by atoms with E-state index in [0.717, 1.165) is 16.1 Å². The van der Waals surface area contributed by atoms with E-state index >= 15 is 0 Å². The van der Waals surface area contributed by atoms with E-state index in [9.17, 15) is 5.26 Å². The van der Waals surface area contributed by atoms with E-state index in [1.165, 1.54) is 11.3 Å². The molecule has 5 heteroatoms. The summed E-state index contributed by atoms with van der Waals surface area (Å²) in [6, 6.07) is 8.21. The number of thiazole rings is 1. The first-order chi connectivity index (χ1) is 9.40. The van der Waals surface area contributed by atoms with Crippen molar-refractivity contribution in [3.63, 3.8) is 0 Å². The van der Waals surface area contributed by atoms with Crippen LogP contribution in [0.1, 0.15) is 36.8 Å². The first-order valence-electron chi connectivity index (χ1n) is 6.29. The van der Waals surface area contributed by atoms with Gasteiger partial charge in [0.1, 0.15) is 6.07 Å². The largest absolute Gasteiger partial charge is 0.379 e. The average Bonchev–Trinajstić information content (AvgIpc) is 2.81. The van der Waals surface area contributed by atoms with E-state index in [4.69, 9.17) is 11.6 Å². The number of aromatic nitrogens is 1. The van der Waals surface area contributed by atoms with Gasteiger partial charge in [0, 0.05) is 11.1 Å². The van der Waals surface area contributed by atoms with Crippen molar-refractivity contribution in [2.75, 3.05) is 5.32 Å². The van der Waals surface area contributed by atoms with Crippen LogP contribution < -0.4 is 5.32 Å². The Labute approximate surface area is 128 Å². The normalized spacial score (nSPS) is 11.2. The second-order valence-electron chi connectivity index (χ2n) is 5.56. The third kappa shape index (κ3) is 3.50. The van der Waals surface area contributed by atoms with Gasteiger partial charge in [0.25, 0.3) is 0 Å². The highest BCUT2D eigenvalue weighted by atomic mass is 35.5. The molecular formula is C15H16ClN3S. The molecule has 0 aliphatic rings. The third-order valence-corrected chi connectivity index (χ3v) is 4.10. The monoisotopic (exact) mass is 305 g/mol. The fraction of sp³-hybridized carbons (Fsp3) is 0.333. The summed E-state index contributed by atoms with van der Waals surface area (Å²) in [7, 11) is 0. The van der Waals surface area contributed by atoms with E-state index < -0.39 is 0 Å². The summed E-state index contributed by atoms with van der Waals surface area (Å²) in [5, 5.41) is 12.6. The van der Waals surface area contributed by atoms with Gasteiger partial charge in [0.2, 0.25) is 0 Å². The van der Waals surface area contributed by atoms with Crippen molar-refractivity contribution in [2.45, 2.75) is 32.7 Å². The SMILES string of the molecule is CC(C)(C)c1ccc(NCc2cnc(Cl)s2)c(C#N)c1. The maximum absolute atomic E-state index is 9.29. The zero-order valence-corrected chi connectivity index (χ0v) is 13.3. The fourth-order valence-electron chi connectivity index (χ4n) is 1.81. The Morgan fingerprint density at radius 1 is 1.40 bits per heavy atom. The number of nitrogens with zero attached hydrogens (tertiary/aromatic N) is 2. The summed E-state index contributed by atoms with van der Waals surface area (Å²) in [5.74, 6) is 0. The van der Waals surface area contributed by atoms with Crippen molar-refractivity contribution in [3.05, 3.63) is 44.9 Å². The van der Waals surface area contributed by atoms with Crippen molar-refractivity contribution < 1.29 is 0 Å². The van der Waals surface area contributed by atoms with Gasteiger partial charge < -0.3 is 5.32 Å². The molecule has 2 rings (SSSR count). The summed E-state index contributed by atoms with van der Waals surface area (Å²) in [5.41, 5.74) is 2.69. The fourth-order valence-corrected chi connectivity index (χ4v) is 2.72. The Morgan fingerprint density at radius 2 is 2.15 bits per heavy atom. The van der Waals surface area contributed by atoms with Gasteiger partial charge in [-0.1, -0.05) is 38.4 Å². The molecule has 0 spiro atoms. The number of hydrogen-bond donors (Lipinski definition) is 1. The minimum Gasteiger partial charge on any atom is -0.379 e. The van der Waals surface area contributed by atoms with Crippen LogP contribution in [0.5, 0.6) is 0 Å². The summed E-state index contributed by atoms with van der Waals surface area (Å²) in [6.45, 7) is 7.02. The van der Waals surface area contributed by atoms with E-state index in [0.29, 0.717) is 16.6 Å². The standard InChI is InChI=1S/C15H16ClN3S/c1-15(2,3)11-4-5-13(10(6-11)7-17)18-8-12-9-19-14(16)20-12/h4-6,9,18H,8H2,1-3H3. The van der Waals surface area contributed by atoms with Crippen LogP contribution >= 0.6 is 22.9 Å². The molecule has 0 saturated heterocycles. The minimum absolute atomic E-state index is 0.0370. The highest BCUT2D eigenvalue weighted by molar-refractivity contribution is 7.15. The van der Waals surface area contributed by atoms with Crippen LogP contribution in [0.3, 0.4) is 0 Å². The molecule has 1 aromatic heterocycles. The lowest BCUT2D eigenvalue weighted by atomic mass is 9.86. The first kappa shape index (κ1) is 14.8. The summed E-state index contributed by atoms with van der Waals surface area (Å²) in [4.78, 5) is 5.04. The molecule has 0 bridgehead atoms. The number of rotatable bonds is 3. The molecule has 2 aromatic rings. The summed E-state index contributed by atoms with van der Waals surface area (Å²) in [6.07, 6.45) is 1.75. The van der Waals surface area contributed by atoms with Crippen LogP contribution in [0.4, 0.5) is 5.69 Å². The molecule has 0 saturated carbocycles. The average molecular weight is 306 g/mol. The molecule has 1 aromatic carbocycles. The lowest BCUT2D eigenvalue weighted by Crippen LogP contribution is -2.11. The molecule has 1 heterocycles. The van der Waals surface area contributed by atoms with Gasteiger partial charge in [-0.05, 0) is 23.1 Å². The van der Waals surface area contributed by atoms with Crippen LogP contribution in [-0.2, 0) is 12.0 Å². The first-order valence-corrected chi connectivity index (χ1v) is 7.48. The van der Waals surface area contributed by atoms with Crippen LogP contribution in [0.25, 0.3) is 0 Å². The molecule has 0 unspecified atom stereocenters. The van der Waals surface area contributed by atoms with Crippen LogP contribution in [-0.4, -0.2) is 4.98 Å². The van der Waals surface area contributed by atoms with Gasteiger partial charge in [-0.3, -0.25) is 0 Å². The maximum Gasteiger partial charge on any atom is 0.183 e. The summed E-state index contributed by atoms with van der Waals surface area (Å²) < 4.78 is 0.533. The maximum atomic E-state index is 9.29. The molecule has 0 aliphatic heterocycles. The van der Waals surface area contributed by atoms with Gasteiger partial charge in [0.15, 0.2) is 4.47 Å². The molecule has 0 amide bonds. The molecule has 0 fully saturated rings. The Kier molecular flexibility index (Phi) is 4.32. The number of anilines is 1. The molecular weight excluding hydrogens is 290 g/mol. The predicted octanol–water partition coefficient (Wildman–Crippen LogP) is 4.58. The van der Waals surface area contributed by atoms with Gasteiger partial charge in [-0.25, -0.2) is 4.98 Å². The number of halogens is 1. The van der Waals surface area contributed by atoms with Crippen LogP contribution in [0, 0.1) is 11.3 Å². The van der Waals surface area contributed by atoms with Gasteiger partial charge in [-0.2, -0.15) is 5.26 Å².